The summed E-state index contributed by atoms with van der Waals surface area (Å²) < 4.78 is 37.7. The highest BCUT2D eigenvalue weighted by Crippen LogP contribution is 2.39. The normalized spacial score (nSPS) is 22.9. The van der Waals surface area contributed by atoms with Crippen LogP contribution in [-0.4, -0.2) is 12.1 Å². The lowest BCUT2D eigenvalue weighted by Crippen LogP contribution is -2.32. The van der Waals surface area contributed by atoms with Gasteiger partial charge in [0.05, 0.1) is 5.92 Å². The maximum Gasteiger partial charge on any atom is 0.391 e. The molecule has 1 saturated carbocycles. The van der Waals surface area contributed by atoms with Gasteiger partial charge in [-0.1, -0.05) is 12.1 Å². The lowest BCUT2D eigenvalue weighted by molar-refractivity contribution is -0.184. The predicted octanol–water partition coefficient (Wildman–Crippen LogP) is 3.45. The second kappa shape index (κ2) is 6.47. The number of amides is 1. The van der Waals surface area contributed by atoms with Crippen LogP contribution in [0.3, 0.4) is 0 Å². The molecule has 1 aromatic rings. The van der Waals surface area contributed by atoms with Gasteiger partial charge in [-0.2, -0.15) is 13.2 Å². The number of nitrogens with two attached hydrogens (primary N) is 1. The van der Waals surface area contributed by atoms with Crippen molar-refractivity contribution < 1.29 is 18.0 Å². The van der Waals surface area contributed by atoms with E-state index in [4.69, 9.17) is 5.73 Å². The van der Waals surface area contributed by atoms with Crippen molar-refractivity contribution in [3.05, 3.63) is 29.8 Å². The van der Waals surface area contributed by atoms with Gasteiger partial charge in [0.1, 0.15) is 0 Å². The van der Waals surface area contributed by atoms with E-state index in [9.17, 15) is 18.0 Å². The average Bonchev–Trinajstić information content (AvgIpc) is 2.47. The van der Waals surface area contributed by atoms with E-state index in [1.165, 1.54) is 0 Å². The third kappa shape index (κ3) is 4.20. The Labute approximate surface area is 121 Å². The molecular weight excluding hydrogens is 281 g/mol. The third-order valence-electron chi connectivity index (χ3n) is 4.02. The Morgan fingerprint density at radius 2 is 1.71 bits per heavy atom. The molecule has 1 aromatic carbocycles. The molecule has 0 bridgehead atoms. The third-order valence-corrected chi connectivity index (χ3v) is 4.02. The molecule has 1 fully saturated rings. The SMILES string of the molecule is NCc1ccc(NC(=O)C2CCC(C(F)(F)F)CC2)cc1. The molecule has 1 aliphatic rings. The second-order valence-corrected chi connectivity index (χ2v) is 5.48. The van der Waals surface area contributed by atoms with Crippen LogP contribution >= 0.6 is 0 Å². The topological polar surface area (TPSA) is 55.1 Å². The van der Waals surface area contributed by atoms with E-state index >= 15 is 0 Å². The quantitative estimate of drug-likeness (QED) is 0.898. The molecule has 0 aliphatic heterocycles. The minimum absolute atomic E-state index is 0.0354. The lowest BCUT2D eigenvalue weighted by atomic mass is 9.81. The Morgan fingerprint density at radius 1 is 1.14 bits per heavy atom. The van der Waals surface area contributed by atoms with E-state index in [-0.39, 0.29) is 37.5 Å². The Hall–Kier alpha value is -1.56. The molecule has 0 heterocycles. The molecule has 0 saturated heterocycles. The molecule has 6 heteroatoms. The Bertz CT molecular complexity index is 477. The number of carbonyl (C=O) groups excluding carboxylic acids is 1. The number of nitrogens with one attached hydrogen (secondary N) is 1. The molecule has 0 radical (unpaired) electrons. The monoisotopic (exact) mass is 300 g/mol. The number of hydrogen-bond donors (Lipinski definition) is 2. The number of carbonyl (C=O) groups is 1. The highest BCUT2D eigenvalue weighted by Gasteiger charge is 2.42. The first-order valence-electron chi connectivity index (χ1n) is 7.06. The minimum atomic E-state index is -4.14. The summed E-state index contributed by atoms with van der Waals surface area (Å²) in [7, 11) is 0. The molecule has 21 heavy (non-hydrogen) atoms. The molecule has 3 nitrogen and oxygen atoms in total. The summed E-state index contributed by atoms with van der Waals surface area (Å²) in [5.74, 6) is -1.79. The van der Waals surface area contributed by atoms with Gasteiger partial charge in [0.15, 0.2) is 0 Å². The van der Waals surface area contributed by atoms with Crippen molar-refractivity contribution in [2.75, 3.05) is 5.32 Å². The Balaban J connectivity index is 1.87. The van der Waals surface area contributed by atoms with Gasteiger partial charge in [-0.25, -0.2) is 0 Å². The van der Waals surface area contributed by atoms with Crippen LogP contribution < -0.4 is 11.1 Å². The van der Waals surface area contributed by atoms with E-state index in [0.717, 1.165) is 5.56 Å². The van der Waals surface area contributed by atoms with Crippen molar-refractivity contribution in [1.82, 2.24) is 0 Å². The van der Waals surface area contributed by atoms with Gasteiger partial charge in [0, 0.05) is 18.2 Å². The van der Waals surface area contributed by atoms with Gasteiger partial charge in [-0.15, -0.1) is 0 Å². The first kappa shape index (κ1) is 15.8. The lowest BCUT2D eigenvalue weighted by Gasteiger charge is -2.29. The largest absolute Gasteiger partial charge is 0.391 e. The maximum atomic E-state index is 12.6. The molecule has 2 rings (SSSR count). The van der Waals surface area contributed by atoms with E-state index in [0.29, 0.717) is 12.2 Å². The summed E-state index contributed by atoms with van der Waals surface area (Å²) in [5, 5.41) is 2.76. The standard InChI is InChI=1S/C15H19F3N2O/c16-15(17,18)12-5-3-11(4-6-12)14(21)20-13-7-1-10(9-19)2-8-13/h1-2,7-8,11-12H,3-6,9,19H2,(H,20,21). The molecular formula is C15H19F3N2O. The van der Waals surface area contributed by atoms with Gasteiger partial charge < -0.3 is 11.1 Å². The molecule has 1 amide bonds. The minimum Gasteiger partial charge on any atom is -0.326 e. The number of anilines is 1. The van der Waals surface area contributed by atoms with E-state index in [1.807, 2.05) is 12.1 Å². The van der Waals surface area contributed by atoms with Crippen LogP contribution in [0.25, 0.3) is 0 Å². The number of hydrogen-bond acceptors (Lipinski definition) is 2. The van der Waals surface area contributed by atoms with Gasteiger partial charge in [0.2, 0.25) is 5.91 Å². The fourth-order valence-electron chi connectivity index (χ4n) is 2.65. The van der Waals surface area contributed by atoms with E-state index < -0.39 is 12.1 Å². The van der Waals surface area contributed by atoms with Gasteiger partial charge in [0.25, 0.3) is 0 Å². The van der Waals surface area contributed by atoms with Crippen LogP contribution in [0.1, 0.15) is 31.2 Å². The molecule has 3 N–H and O–H groups in total. The summed E-state index contributed by atoms with van der Waals surface area (Å²) in [6.45, 7) is 0.426. The highest BCUT2D eigenvalue weighted by molar-refractivity contribution is 5.92. The number of halogens is 3. The van der Waals surface area contributed by atoms with Crippen LogP contribution in [-0.2, 0) is 11.3 Å². The first-order valence-corrected chi connectivity index (χ1v) is 7.06. The molecule has 0 spiro atoms. The highest BCUT2D eigenvalue weighted by atomic mass is 19.4. The summed E-state index contributed by atoms with van der Waals surface area (Å²) >= 11 is 0. The van der Waals surface area contributed by atoms with Gasteiger partial charge >= 0.3 is 6.18 Å². The molecule has 0 unspecified atom stereocenters. The van der Waals surface area contributed by atoms with Crippen molar-refractivity contribution in [3.8, 4) is 0 Å². The summed E-state index contributed by atoms with van der Waals surface area (Å²) in [4.78, 5) is 12.1. The van der Waals surface area contributed by atoms with Crippen LogP contribution in [0.15, 0.2) is 24.3 Å². The average molecular weight is 300 g/mol. The fourth-order valence-corrected chi connectivity index (χ4v) is 2.65. The van der Waals surface area contributed by atoms with Crippen LogP contribution in [0.2, 0.25) is 0 Å². The van der Waals surface area contributed by atoms with Crippen LogP contribution in [0.5, 0.6) is 0 Å². The van der Waals surface area contributed by atoms with Gasteiger partial charge in [-0.05, 0) is 43.4 Å². The Morgan fingerprint density at radius 3 is 2.19 bits per heavy atom. The number of rotatable bonds is 3. The van der Waals surface area contributed by atoms with Crippen LogP contribution in [0.4, 0.5) is 18.9 Å². The van der Waals surface area contributed by atoms with Crippen molar-refractivity contribution in [1.29, 1.82) is 0 Å². The zero-order chi connectivity index (χ0) is 15.5. The van der Waals surface area contributed by atoms with Crippen molar-refractivity contribution in [2.24, 2.45) is 17.6 Å². The predicted molar refractivity (Wildman–Crippen MR) is 74.5 cm³/mol. The van der Waals surface area contributed by atoms with Crippen LogP contribution in [0, 0.1) is 11.8 Å². The number of benzene rings is 1. The molecule has 0 atom stereocenters. The molecule has 116 valence electrons. The summed E-state index contributed by atoms with van der Waals surface area (Å²) in [5.41, 5.74) is 7.09. The molecule has 0 aromatic heterocycles. The van der Waals surface area contributed by atoms with Gasteiger partial charge in [-0.3, -0.25) is 4.79 Å². The smallest absolute Gasteiger partial charge is 0.326 e. The van der Waals surface area contributed by atoms with E-state index in [1.54, 1.807) is 12.1 Å². The summed E-state index contributed by atoms with van der Waals surface area (Å²) in [6, 6.07) is 7.13. The number of alkyl halides is 3. The second-order valence-electron chi connectivity index (χ2n) is 5.48. The van der Waals surface area contributed by atoms with Crippen molar-refractivity contribution in [3.63, 3.8) is 0 Å². The zero-order valence-electron chi connectivity index (χ0n) is 11.6. The zero-order valence-corrected chi connectivity index (χ0v) is 11.6. The first-order chi connectivity index (χ1) is 9.90. The van der Waals surface area contributed by atoms with Crippen molar-refractivity contribution >= 4 is 11.6 Å². The van der Waals surface area contributed by atoms with Crippen molar-refractivity contribution in [2.45, 2.75) is 38.4 Å². The molecule has 1 aliphatic carbocycles. The summed E-state index contributed by atoms with van der Waals surface area (Å²) in [6.07, 6.45) is -3.49. The van der Waals surface area contributed by atoms with E-state index in [2.05, 4.69) is 5.32 Å². The Kier molecular flexibility index (Phi) is 4.88. The maximum absolute atomic E-state index is 12.6. The fraction of sp³-hybridized carbons (Fsp3) is 0.533.